The number of aromatic nitrogens is 1. The molecule has 1 unspecified atom stereocenters. The zero-order chi connectivity index (χ0) is 24.8. The van der Waals surface area contributed by atoms with E-state index in [0.717, 1.165) is 21.0 Å². The summed E-state index contributed by atoms with van der Waals surface area (Å²) in [4.78, 5) is 39.3. The molecule has 0 saturated heterocycles. The van der Waals surface area contributed by atoms with E-state index < -0.39 is 35.5 Å². The molecule has 0 radical (unpaired) electrons. The van der Waals surface area contributed by atoms with Crippen LogP contribution in [0.2, 0.25) is 0 Å². The van der Waals surface area contributed by atoms with Gasteiger partial charge in [0.15, 0.2) is 5.92 Å². The number of nitrogens with zero attached hydrogens (tertiary/aromatic N) is 1. The lowest BCUT2D eigenvalue weighted by molar-refractivity contribution is -0.159. The first kappa shape index (κ1) is 24.0. The highest BCUT2D eigenvalue weighted by atomic mass is 79.9. The third kappa shape index (κ3) is 4.11. The molecule has 0 aliphatic heterocycles. The summed E-state index contributed by atoms with van der Waals surface area (Å²) in [5.74, 6) is -3.35. The number of ether oxygens (including phenoxy) is 3. The van der Waals surface area contributed by atoms with Crippen molar-refractivity contribution in [3.8, 4) is 0 Å². The quantitative estimate of drug-likeness (QED) is 0.265. The highest BCUT2D eigenvalue weighted by Crippen LogP contribution is 2.47. The molecular formula is C26H26BrNO6. The zero-order valence-corrected chi connectivity index (χ0v) is 21.3. The summed E-state index contributed by atoms with van der Waals surface area (Å²) in [7, 11) is 2.49. The van der Waals surface area contributed by atoms with Gasteiger partial charge in [-0.2, -0.15) is 0 Å². The van der Waals surface area contributed by atoms with Crippen molar-refractivity contribution in [2.24, 2.45) is 5.92 Å². The second-order valence-electron chi connectivity index (χ2n) is 9.21. The van der Waals surface area contributed by atoms with Crippen LogP contribution in [0.5, 0.6) is 0 Å². The lowest BCUT2D eigenvalue weighted by Gasteiger charge is -2.31. The van der Waals surface area contributed by atoms with Crippen LogP contribution in [0.3, 0.4) is 0 Å². The molecule has 3 aromatic rings. The van der Waals surface area contributed by atoms with E-state index in [1.54, 1.807) is 4.57 Å². The predicted molar refractivity (Wildman–Crippen MR) is 130 cm³/mol. The van der Waals surface area contributed by atoms with E-state index in [4.69, 9.17) is 14.2 Å². The van der Waals surface area contributed by atoms with E-state index in [9.17, 15) is 14.4 Å². The summed E-state index contributed by atoms with van der Waals surface area (Å²) in [5, 5.41) is 0.743. The molecule has 178 valence electrons. The number of benzene rings is 2. The number of fused-ring (bicyclic) bond motifs is 4. The van der Waals surface area contributed by atoms with Crippen LogP contribution < -0.4 is 0 Å². The number of esters is 2. The summed E-state index contributed by atoms with van der Waals surface area (Å²) in [6.07, 6.45) is -0.0882. The summed E-state index contributed by atoms with van der Waals surface area (Å²) in [6.45, 7) is 5.42. The average molecular weight is 528 g/mol. The van der Waals surface area contributed by atoms with Crippen LogP contribution in [0.1, 0.15) is 49.1 Å². The van der Waals surface area contributed by atoms with E-state index in [1.165, 1.54) is 14.2 Å². The first-order chi connectivity index (χ1) is 16.1. The van der Waals surface area contributed by atoms with E-state index in [-0.39, 0.29) is 0 Å². The number of carbonyl (C=O) groups excluding carboxylic acids is 3. The van der Waals surface area contributed by atoms with Crippen molar-refractivity contribution in [1.82, 2.24) is 4.57 Å². The lowest BCUT2D eigenvalue weighted by Crippen LogP contribution is -2.35. The topological polar surface area (TPSA) is 83.8 Å². The average Bonchev–Trinajstić information content (AvgIpc) is 3.10. The summed E-state index contributed by atoms with van der Waals surface area (Å²) >= 11 is 3.52. The molecule has 1 aliphatic carbocycles. The summed E-state index contributed by atoms with van der Waals surface area (Å²) in [6, 6.07) is 13.2. The molecule has 0 amide bonds. The number of carbonyl (C=O) groups is 3. The minimum Gasteiger partial charge on any atom is -0.468 e. The molecule has 1 aliphatic rings. The number of methoxy groups -OCH3 is 2. The molecule has 1 heterocycles. The fraction of sp³-hybridized carbons (Fsp3) is 0.346. The van der Waals surface area contributed by atoms with E-state index in [0.29, 0.717) is 23.2 Å². The summed E-state index contributed by atoms with van der Waals surface area (Å²) in [5.41, 5.74) is 3.03. The van der Waals surface area contributed by atoms with Gasteiger partial charge in [-0.15, -0.1) is 0 Å². The molecule has 0 bridgehead atoms. The minimum absolute atomic E-state index is 0.433. The minimum atomic E-state index is -1.24. The maximum absolute atomic E-state index is 13.4. The number of rotatable bonds is 3. The molecule has 34 heavy (non-hydrogen) atoms. The standard InChI is InChI=1S/C26H26BrNO6/c1-26(2,3)34-25(31)28-18-11-10-15(27)13-17(18)20-19(28)12-14-8-6-7-9-16(14)21(20)22(23(29)32-4)24(30)33-5/h6-11,13,21-22H,12H2,1-5H3. The van der Waals surface area contributed by atoms with Crippen molar-refractivity contribution in [3.63, 3.8) is 0 Å². The first-order valence-corrected chi connectivity index (χ1v) is 11.7. The van der Waals surface area contributed by atoms with Crippen LogP contribution in [0.15, 0.2) is 46.9 Å². The van der Waals surface area contributed by atoms with Gasteiger partial charge in [0.1, 0.15) is 5.60 Å². The lowest BCUT2D eigenvalue weighted by atomic mass is 9.73. The van der Waals surface area contributed by atoms with Crippen LogP contribution in [0.25, 0.3) is 10.9 Å². The molecule has 4 rings (SSSR count). The van der Waals surface area contributed by atoms with Gasteiger partial charge in [0.25, 0.3) is 0 Å². The van der Waals surface area contributed by atoms with Crippen molar-refractivity contribution < 1.29 is 28.6 Å². The number of hydrogen-bond acceptors (Lipinski definition) is 6. The Kier molecular flexibility index (Phi) is 6.29. The molecule has 8 heteroatoms. The smallest absolute Gasteiger partial charge is 0.419 e. The van der Waals surface area contributed by atoms with Gasteiger partial charge in [0.2, 0.25) is 0 Å². The monoisotopic (exact) mass is 527 g/mol. The van der Waals surface area contributed by atoms with Crippen molar-refractivity contribution in [1.29, 1.82) is 0 Å². The number of halogens is 1. The third-order valence-electron chi connectivity index (χ3n) is 5.95. The fourth-order valence-corrected chi connectivity index (χ4v) is 5.04. The Bertz CT molecular complexity index is 1290. The molecule has 1 atom stereocenters. The van der Waals surface area contributed by atoms with Crippen LogP contribution in [0.4, 0.5) is 4.79 Å². The Balaban J connectivity index is 2.08. The SMILES string of the molecule is COC(=O)C(C(=O)OC)C1c2ccccc2Cc2c1c1cc(Br)ccc1n2C(=O)OC(C)(C)C. The molecule has 0 spiro atoms. The van der Waals surface area contributed by atoms with Crippen LogP contribution >= 0.6 is 15.9 Å². The predicted octanol–water partition coefficient (Wildman–Crippen LogP) is 5.19. The fourth-order valence-electron chi connectivity index (χ4n) is 4.68. The van der Waals surface area contributed by atoms with Gasteiger partial charge < -0.3 is 14.2 Å². The Hall–Kier alpha value is -3.13. The molecule has 1 aromatic heterocycles. The van der Waals surface area contributed by atoms with Crippen molar-refractivity contribution in [2.75, 3.05) is 14.2 Å². The van der Waals surface area contributed by atoms with Gasteiger partial charge in [0, 0.05) is 27.9 Å². The molecule has 7 nitrogen and oxygen atoms in total. The second-order valence-corrected chi connectivity index (χ2v) is 10.1. The molecule has 2 aromatic carbocycles. The van der Waals surface area contributed by atoms with Gasteiger partial charge in [-0.1, -0.05) is 40.2 Å². The Labute approximate surface area is 206 Å². The van der Waals surface area contributed by atoms with Gasteiger partial charge in [-0.25, -0.2) is 9.36 Å². The first-order valence-electron chi connectivity index (χ1n) is 10.9. The maximum Gasteiger partial charge on any atom is 0.419 e. The van der Waals surface area contributed by atoms with Crippen LogP contribution in [0, 0.1) is 5.92 Å². The van der Waals surface area contributed by atoms with Gasteiger partial charge in [-0.05, 0) is 55.7 Å². The molecule has 0 fully saturated rings. The van der Waals surface area contributed by atoms with Crippen LogP contribution in [-0.2, 0) is 30.2 Å². The second kappa shape index (κ2) is 8.91. The Morgan fingerprint density at radius 1 is 1.03 bits per heavy atom. The van der Waals surface area contributed by atoms with Crippen LogP contribution in [-0.4, -0.2) is 42.4 Å². The van der Waals surface area contributed by atoms with Gasteiger partial charge in [-0.3, -0.25) is 9.59 Å². The van der Waals surface area contributed by atoms with Crippen molar-refractivity contribution in [3.05, 3.63) is 69.3 Å². The van der Waals surface area contributed by atoms with E-state index in [1.807, 2.05) is 63.2 Å². The third-order valence-corrected chi connectivity index (χ3v) is 6.44. The summed E-state index contributed by atoms with van der Waals surface area (Å²) < 4.78 is 18.1. The van der Waals surface area contributed by atoms with Crippen molar-refractivity contribution >= 4 is 44.9 Å². The van der Waals surface area contributed by atoms with Gasteiger partial charge >= 0.3 is 18.0 Å². The van der Waals surface area contributed by atoms with Gasteiger partial charge in [0.05, 0.1) is 19.7 Å². The Morgan fingerprint density at radius 3 is 2.29 bits per heavy atom. The zero-order valence-electron chi connectivity index (χ0n) is 19.7. The number of hydrogen-bond donors (Lipinski definition) is 0. The highest BCUT2D eigenvalue weighted by Gasteiger charge is 2.45. The molecule has 0 saturated carbocycles. The van der Waals surface area contributed by atoms with Crippen molar-refractivity contribution in [2.45, 2.75) is 38.7 Å². The molecular weight excluding hydrogens is 502 g/mol. The normalized spacial score (nSPS) is 15.0. The van der Waals surface area contributed by atoms with E-state index >= 15 is 0 Å². The Morgan fingerprint density at radius 2 is 1.68 bits per heavy atom. The highest BCUT2D eigenvalue weighted by molar-refractivity contribution is 9.10. The maximum atomic E-state index is 13.4. The molecule has 0 N–H and O–H groups in total. The van der Waals surface area contributed by atoms with E-state index in [2.05, 4.69) is 15.9 Å². The largest absolute Gasteiger partial charge is 0.468 e.